The molecular formula is C26H33N7O3S2. The number of thiazole rings is 1. The minimum Gasteiger partial charge on any atom is -0.481 e. The van der Waals surface area contributed by atoms with E-state index < -0.39 is 5.97 Å². The van der Waals surface area contributed by atoms with Crippen molar-refractivity contribution in [1.29, 1.82) is 0 Å². The quantitative estimate of drug-likeness (QED) is 0.406. The van der Waals surface area contributed by atoms with Crippen LogP contribution < -0.4 is 10.2 Å². The Hall–Kier alpha value is -2.93. The molecule has 1 amide bonds. The maximum atomic E-state index is 13.0. The van der Waals surface area contributed by atoms with Crippen LogP contribution in [0.5, 0.6) is 0 Å². The van der Waals surface area contributed by atoms with Gasteiger partial charge in [-0.2, -0.15) is 0 Å². The van der Waals surface area contributed by atoms with Crippen molar-refractivity contribution in [2.75, 3.05) is 42.9 Å². The van der Waals surface area contributed by atoms with Gasteiger partial charge in [-0.05, 0) is 44.7 Å². The molecule has 10 nitrogen and oxygen atoms in total. The van der Waals surface area contributed by atoms with Crippen molar-refractivity contribution in [3.8, 4) is 10.6 Å². The lowest BCUT2D eigenvalue weighted by Crippen LogP contribution is -2.52. The number of nitrogens with one attached hydrogen (secondary N) is 1. The molecule has 0 saturated carbocycles. The van der Waals surface area contributed by atoms with Gasteiger partial charge in [-0.25, -0.2) is 15.0 Å². The van der Waals surface area contributed by atoms with Crippen LogP contribution in [0, 0.1) is 0 Å². The number of aliphatic carboxylic acids is 1. The van der Waals surface area contributed by atoms with Gasteiger partial charge in [0.2, 0.25) is 0 Å². The number of thiophene rings is 1. The number of hydrogen-bond acceptors (Lipinski definition) is 10. The fourth-order valence-corrected chi connectivity index (χ4v) is 6.91. The molecule has 2 aliphatic rings. The second-order valence-corrected chi connectivity index (χ2v) is 12.0. The van der Waals surface area contributed by atoms with E-state index in [1.807, 2.05) is 11.4 Å². The summed E-state index contributed by atoms with van der Waals surface area (Å²) in [5, 5.41) is 14.5. The number of carbonyl (C=O) groups excluding carboxylic acids is 1. The molecule has 0 radical (unpaired) electrons. The molecule has 12 heteroatoms. The summed E-state index contributed by atoms with van der Waals surface area (Å²) in [7, 11) is 0. The summed E-state index contributed by atoms with van der Waals surface area (Å²) in [5.41, 5.74) is 1.18. The van der Waals surface area contributed by atoms with Crippen molar-refractivity contribution in [2.45, 2.75) is 51.7 Å². The SMILES string of the molecule is C[C@@H]1CCCN1Cc1sc(NC(=O)c2cnc(N3CCN(CCC(=O)O)C[C@@H]3C)cn2)nc1-c1cccs1. The first kappa shape index (κ1) is 26.7. The number of amides is 1. The average Bonchev–Trinajstić information content (AvgIpc) is 3.65. The number of likely N-dealkylation sites (tertiary alicyclic amines) is 1. The molecule has 2 saturated heterocycles. The van der Waals surface area contributed by atoms with Gasteiger partial charge in [-0.3, -0.25) is 24.7 Å². The minimum atomic E-state index is -0.780. The predicted molar refractivity (Wildman–Crippen MR) is 150 cm³/mol. The van der Waals surface area contributed by atoms with Gasteiger partial charge in [-0.15, -0.1) is 11.3 Å². The van der Waals surface area contributed by atoms with Gasteiger partial charge in [-0.1, -0.05) is 17.4 Å². The third-order valence-electron chi connectivity index (χ3n) is 7.23. The monoisotopic (exact) mass is 555 g/mol. The lowest BCUT2D eigenvalue weighted by Gasteiger charge is -2.40. The molecule has 2 aliphatic heterocycles. The number of carboxylic acid groups (broad SMARTS) is 1. The summed E-state index contributed by atoms with van der Waals surface area (Å²) >= 11 is 3.18. The van der Waals surface area contributed by atoms with Crippen LogP contribution in [0.1, 0.15) is 48.5 Å². The Morgan fingerprint density at radius 2 is 2.03 bits per heavy atom. The van der Waals surface area contributed by atoms with Crippen molar-refractivity contribution < 1.29 is 14.7 Å². The lowest BCUT2D eigenvalue weighted by atomic mass is 10.2. The summed E-state index contributed by atoms with van der Waals surface area (Å²) in [6.07, 6.45) is 5.71. The van der Waals surface area contributed by atoms with Crippen molar-refractivity contribution in [3.63, 3.8) is 0 Å². The largest absolute Gasteiger partial charge is 0.481 e. The number of carboxylic acids is 1. The van der Waals surface area contributed by atoms with Crippen LogP contribution in [-0.4, -0.2) is 86.5 Å². The van der Waals surface area contributed by atoms with Gasteiger partial charge in [0.15, 0.2) is 5.13 Å². The Labute approximate surface area is 230 Å². The second-order valence-electron chi connectivity index (χ2n) is 9.93. The van der Waals surface area contributed by atoms with Crippen molar-refractivity contribution in [1.82, 2.24) is 24.8 Å². The molecule has 0 bridgehead atoms. The van der Waals surface area contributed by atoms with Gasteiger partial charge in [0, 0.05) is 49.7 Å². The van der Waals surface area contributed by atoms with E-state index in [0.717, 1.165) is 48.2 Å². The molecular weight excluding hydrogens is 522 g/mol. The zero-order chi connectivity index (χ0) is 26.6. The van der Waals surface area contributed by atoms with E-state index in [4.69, 9.17) is 10.1 Å². The molecule has 2 atom stereocenters. The van der Waals surface area contributed by atoms with Crippen molar-refractivity contribution >= 4 is 45.5 Å². The zero-order valence-corrected chi connectivity index (χ0v) is 23.3. The van der Waals surface area contributed by atoms with Crippen LogP contribution in [0.15, 0.2) is 29.9 Å². The summed E-state index contributed by atoms with van der Waals surface area (Å²) in [5.74, 6) is -0.399. The molecule has 38 heavy (non-hydrogen) atoms. The normalized spacial score (nSPS) is 20.6. The number of rotatable bonds is 9. The first-order valence-corrected chi connectivity index (χ1v) is 14.7. The molecule has 0 spiro atoms. The summed E-state index contributed by atoms with van der Waals surface area (Å²) in [4.78, 5) is 46.6. The number of nitrogens with zero attached hydrogens (tertiary/aromatic N) is 6. The van der Waals surface area contributed by atoms with Crippen LogP contribution in [0.2, 0.25) is 0 Å². The highest BCUT2D eigenvalue weighted by atomic mass is 32.1. The summed E-state index contributed by atoms with van der Waals surface area (Å²) in [6, 6.07) is 4.80. The van der Waals surface area contributed by atoms with Crippen LogP contribution >= 0.6 is 22.7 Å². The maximum Gasteiger partial charge on any atom is 0.304 e. The molecule has 5 rings (SSSR count). The van der Waals surface area contributed by atoms with E-state index in [1.165, 1.54) is 30.4 Å². The molecule has 3 aromatic heterocycles. The van der Waals surface area contributed by atoms with E-state index in [1.54, 1.807) is 17.5 Å². The topological polar surface area (TPSA) is 115 Å². The molecule has 0 aliphatic carbocycles. The van der Waals surface area contributed by atoms with E-state index in [0.29, 0.717) is 23.5 Å². The Bertz CT molecular complexity index is 1250. The highest BCUT2D eigenvalue weighted by Gasteiger charge is 2.26. The number of piperazine rings is 1. The first-order valence-electron chi connectivity index (χ1n) is 13.0. The van der Waals surface area contributed by atoms with Crippen molar-refractivity contribution in [2.24, 2.45) is 0 Å². The Balaban J connectivity index is 1.24. The predicted octanol–water partition coefficient (Wildman–Crippen LogP) is 3.88. The molecule has 3 aromatic rings. The number of aromatic nitrogens is 3. The Morgan fingerprint density at radius 3 is 2.68 bits per heavy atom. The number of hydrogen-bond donors (Lipinski definition) is 2. The number of carbonyl (C=O) groups is 2. The summed E-state index contributed by atoms with van der Waals surface area (Å²) in [6.45, 7) is 9.06. The molecule has 5 heterocycles. The average molecular weight is 556 g/mol. The fraction of sp³-hybridized carbons (Fsp3) is 0.500. The fourth-order valence-electron chi connectivity index (χ4n) is 5.11. The van der Waals surface area contributed by atoms with Gasteiger partial charge < -0.3 is 10.0 Å². The third-order valence-corrected chi connectivity index (χ3v) is 9.06. The second kappa shape index (κ2) is 11.9. The van der Waals surface area contributed by atoms with Crippen LogP contribution in [0.25, 0.3) is 10.6 Å². The van der Waals surface area contributed by atoms with Gasteiger partial charge in [0.1, 0.15) is 11.5 Å². The zero-order valence-electron chi connectivity index (χ0n) is 21.7. The van der Waals surface area contributed by atoms with E-state index in [9.17, 15) is 9.59 Å². The van der Waals surface area contributed by atoms with E-state index in [2.05, 4.69) is 49.9 Å². The van der Waals surface area contributed by atoms with Crippen LogP contribution in [0.4, 0.5) is 10.9 Å². The highest BCUT2D eigenvalue weighted by Crippen LogP contribution is 2.36. The van der Waals surface area contributed by atoms with Gasteiger partial charge in [0.25, 0.3) is 5.91 Å². The van der Waals surface area contributed by atoms with E-state index in [-0.39, 0.29) is 24.1 Å². The number of anilines is 2. The molecule has 2 fully saturated rings. The van der Waals surface area contributed by atoms with E-state index >= 15 is 0 Å². The lowest BCUT2D eigenvalue weighted by molar-refractivity contribution is -0.137. The molecule has 2 N–H and O–H groups in total. The molecule has 0 aromatic carbocycles. The summed E-state index contributed by atoms with van der Waals surface area (Å²) < 4.78 is 0. The van der Waals surface area contributed by atoms with Crippen LogP contribution in [-0.2, 0) is 11.3 Å². The Morgan fingerprint density at radius 1 is 1.16 bits per heavy atom. The third kappa shape index (κ3) is 6.20. The van der Waals surface area contributed by atoms with Gasteiger partial charge in [0.05, 0.1) is 29.4 Å². The smallest absolute Gasteiger partial charge is 0.304 e. The van der Waals surface area contributed by atoms with Crippen molar-refractivity contribution in [3.05, 3.63) is 40.5 Å². The highest BCUT2D eigenvalue weighted by molar-refractivity contribution is 7.17. The minimum absolute atomic E-state index is 0.142. The Kier molecular flexibility index (Phi) is 8.32. The standard InChI is InChI=1S/C26H33N7O3S2/c1-17-5-3-8-32(17)16-21-24(20-6-4-12-37-20)29-26(38-21)30-25(36)19-13-28-22(14-27-19)33-11-10-31(15-18(33)2)9-7-23(34)35/h4,6,12-14,17-18H,3,5,7-11,15-16H2,1-2H3,(H,34,35)(H,29,30,36)/t17-,18+/m1/s1. The first-order chi connectivity index (χ1) is 18.4. The molecule has 202 valence electrons. The molecule has 0 unspecified atom stereocenters. The van der Waals surface area contributed by atoms with Gasteiger partial charge >= 0.3 is 5.97 Å². The van der Waals surface area contributed by atoms with Crippen LogP contribution in [0.3, 0.4) is 0 Å². The maximum absolute atomic E-state index is 13.0.